The van der Waals surface area contributed by atoms with Gasteiger partial charge in [0.05, 0.1) is 46.1 Å². The maximum Gasteiger partial charge on any atom is 0.246 e. The van der Waals surface area contributed by atoms with Crippen molar-refractivity contribution in [3.05, 3.63) is 64.1 Å². The average Bonchev–Trinajstić information content (AvgIpc) is 2.89. The highest BCUT2D eigenvalue weighted by Gasteiger charge is 2.70. The van der Waals surface area contributed by atoms with Gasteiger partial charge in [0.1, 0.15) is 23.7 Å². The van der Waals surface area contributed by atoms with Crippen LogP contribution >= 0.6 is 11.3 Å². The predicted octanol–water partition coefficient (Wildman–Crippen LogP) is 7.36. The van der Waals surface area contributed by atoms with Crippen LogP contribution in [0.2, 0.25) is 0 Å². The standard InChI is InChI=1S/C63H90N8O10S/c1-35(44-29-50(77)63(12)53-46(74)30-48-60(8,9)49(76)22-23-61(48,10)52(53)47(75)31-62(44,63)11)26-42(72)27-36(2)56(79)64-24-15-25-70-32-41(68-69-70)16-13-14-17-51(78)67-55(59(5,6)7)58(81)71-33-43(73)28-45(71)57(80)66-37(3)39-18-20-40(21-19-39)54-38(4)65-34-82-54/h18-21,32,34-37,43-46,48,50,55,73-74,77H,13-17,22-31,33H2,1-12H3,(H,64,79)(H,66,80)(H,67,78)/t35-,36-,37+,43-,44-,45+,46+,48+,50+,55-,61+,62-,63+/m1/s1. The molecule has 0 radical (unpaired) electrons. The van der Waals surface area contributed by atoms with E-state index in [1.807, 2.05) is 105 Å². The number of thiazole rings is 1. The molecule has 19 heteroatoms. The Morgan fingerprint density at radius 2 is 1.61 bits per heavy atom. The molecule has 0 bridgehead atoms. The molecule has 8 rings (SSSR count). The summed E-state index contributed by atoms with van der Waals surface area (Å²) in [5.74, 6) is -2.38. The van der Waals surface area contributed by atoms with Crippen LogP contribution < -0.4 is 16.0 Å². The van der Waals surface area contributed by atoms with Gasteiger partial charge in [-0.2, -0.15) is 0 Å². The molecule has 18 nitrogen and oxygen atoms in total. The third-order valence-electron chi connectivity index (χ3n) is 20.2. The van der Waals surface area contributed by atoms with Gasteiger partial charge in [-0.3, -0.25) is 38.2 Å². The molecule has 4 aliphatic carbocycles. The van der Waals surface area contributed by atoms with Crippen molar-refractivity contribution >= 4 is 52.3 Å². The minimum Gasteiger partial charge on any atom is -0.392 e. The number of allylic oxidation sites excluding steroid dienone is 1. The lowest BCUT2D eigenvalue weighted by atomic mass is 9.42. The van der Waals surface area contributed by atoms with Crippen LogP contribution in [0.1, 0.15) is 176 Å². The van der Waals surface area contributed by atoms with Crippen molar-refractivity contribution in [1.82, 2.24) is 40.8 Å². The number of benzene rings is 1. The van der Waals surface area contributed by atoms with E-state index in [4.69, 9.17) is 0 Å². The van der Waals surface area contributed by atoms with Gasteiger partial charge in [0, 0.05) is 92.1 Å². The number of carbonyl (C=O) groups excluding carboxylic acids is 7. The summed E-state index contributed by atoms with van der Waals surface area (Å²) in [6.45, 7) is 24.0. The summed E-state index contributed by atoms with van der Waals surface area (Å²) in [7, 11) is 0. The Labute approximate surface area is 487 Å². The molecule has 1 saturated heterocycles. The number of aliphatic hydroxyl groups excluding tert-OH is 3. The predicted molar refractivity (Wildman–Crippen MR) is 311 cm³/mol. The third-order valence-corrected chi connectivity index (χ3v) is 21.2. The number of nitrogens with one attached hydrogen (secondary N) is 3. The van der Waals surface area contributed by atoms with E-state index in [0.29, 0.717) is 75.6 Å². The van der Waals surface area contributed by atoms with Crippen LogP contribution in [0.4, 0.5) is 0 Å². The molecule has 1 aromatic carbocycles. The first-order chi connectivity index (χ1) is 38.4. The summed E-state index contributed by atoms with van der Waals surface area (Å²) >= 11 is 1.57. The molecule has 3 aromatic rings. The van der Waals surface area contributed by atoms with Gasteiger partial charge in [0.25, 0.3) is 0 Å². The van der Waals surface area contributed by atoms with Crippen molar-refractivity contribution < 1.29 is 48.9 Å². The maximum absolute atomic E-state index is 14.5. The van der Waals surface area contributed by atoms with E-state index >= 15 is 0 Å². The number of aromatic nitrogens is 4. The Hall–Kier alpha value is -5.50. The Balaban J connectivity index is 0.744. The molecule has 1 aliphatic heterocycles. The number of Topliss-reactive ketones (excluding diaryl/α,β-unsaturated/α-hetero) is 3. The smallest absolute Gasteiger partial charge is 0.246 e. The number of aryl methyl sites for hydroxylation is 3. The molecule has 13 atom stereocenters. The monoisotopic (exact) mass is 1150 g/mol. The van der Waals surface area contributed by atoms with Crippen LogP contribution in [0.15, 0.2) is 47.1 Å². The van der Waals surface area contributed by atoms with Crippen molar-refractivity contribution in [2.45, 2.75) is 210 Å². The highest BCUT2D eigenvalue weighted by atomic mass is 32.1. The van der Waals surface area contributed by atoms with Crippen LogP contribution in [0, 0.1) is 57.7 Å². The first kappa shape index (κ1) is 62.5. The molecular weight excluding hydrogens is 1060 g/mol. The normalized spacial score (nSPS) is 29.3. The van der Waals surface area contributed by atoms with Crippen molar-refractivity contribution in [3.63, 3.8) is 0 Å². The number of nitrogens with zero attached hydrogens (tertiary/aromatic N) is 5. The second-order valence-electron chi connectivity index (χ2n) is 27.3. The highest BCUT2D eigenvalue weighted by Crippen LogP contribution is 2.71. The number of ketones is 3. The van der Waals surface area contributed by atoms with Gasteiger partial charge in [-0.1, -0.05) is 98.7 Å². The second kappa shape index (κ2) is 24.2. The topological polar surface area (TPSA) is 263 Å². The number of carbonyl (C=O) groups is 7. The summed E-state index contributed by atoms with van der Waals surface area (Å²) in [5.41, 5.74) is 3.15. The number of aliphatic hydroxyl groups is 3. The molecule has 5 aliphatic rings. The molecule has 6 N–H and O–H groups in total. The lowest BCUT2D eigenvalue weighted by molar-refractivity contribution is -0.146. The molecule has 82 heavy (non-hydrogen) atoms. The SMILES string of the molecule is Cc1ncsc1-c1ccc([C@H](C)NC(=O)[C@@H]2C[C@@H](O)CN2C(=O)[C@@H](NC(=O)CCCCc2cn(CCCNC(=O)[C@H](C)CC(=O)C[C@@H](C)[C@H]3C[C@H](O)[C@@]4(C)C5=C(C(=O)C[C@]34C)[C@@]3(C)CCC(=O)C(C)(C)[C@@H]3C[C@@H]5O)nn2)C(C)(C)C)cc1. The summed E-state index contributed by atoms with van der Waals surface area (Å²) in [4.78, 5) is 103. The number of β-amino-alcohol motifs (C(OH)–C–C–N with tert-alkyl or cyclic N) is 1. The summed E-state index contributed by atoms with van der Waals surface area (Å²) < 4.78 is 1.71. The number of unbranched alkanes of at least 4 members (excludes halogenated alkanes) is 1. The van der Waals surface area contributed by atoms with Gasteiger partial charge >= 0.3 is 0 Å². The van der Waals surface area contributed by atoms with Gasteiger partial charge in [-0.25, -0.2) is 4.98 Å². The fourth-order valence-corrected chi connectivity index (χ4v) is 16.1. The van der Waals surface area contributed by atoms with Crippen molar-refractivity contribution in [2.75, 3.05) is 13.1 Å². The molecule has 2 saturated carbocycles. The van der Waals surface area contributed by atoms with Crippen LogP contribution in [-0.4, -0.2) is 125 Å². The Morgan fingerprint density at radius 3 is 2.28 bits per heavy atom. The van der Waals surface area contributed by atoms with E-state index in [-0.39, 0.29) is 97.5 Å². The van der Waals surface area contributed by atoms with E-state index in [1.54, 1.807) is 22.9 Å². The number of hydrogen-bond acceptors (Lipinski definition) is 14. The Kier molecular flexibility index (Phi) is 18.5. The van der Waals surface area contributed by atoms with Gasteiger partial charge in [-0.05, 0) is 104 Å². The maximum atomic E-state index is 14.5. The Morgan fingerprint density at radius 1 is 0.902 bits per heavy atom. The van der Waals surface area contributed by atoms with Gasteiger partial charge in [-0.15, -0.1) is 16.4 Å². The third kappa shape index (κ3) is 12.2. The van der Waals surface area contributed by atoms with Crippen molar-refractivity contribution in [1.29, 1.82) is 0 Å². The fraction of sp³-hybridized carbons (Fsp3) is 0.683. The van der Waals surface area contributed by atoms with Crippen molar-refractivity contribution in [2.24, 2.45) is 50.7 Å². The molecule has 0 unspecified atom stereocenters. The van der Waals surface area contributed by atoms with Crippen LogP contribution in [-0.2, 0) is 46.5 Å². The fourth-order valence-electron chi connectivity index (χ4n) is 15.2. The number of fused-ring (bicyclic) bond motifs is 4. The van der Waals surface area contributed by atoms with E-state index < -0.39 is 69.3 Å². The van der Waals surface area contributed by atoms with Gasteiger partial charge < -0.3 is 36.2 Å². The van der Waals surface area contributed by atoms with Crippen molar-refractivity contribution in [3.8, 4) is 10.4 Å². The van der Waals surface area contributed by atoms with Gasteiger partial charge in [0.15, 0.2) is 5.78 Å². The molecule has 3 heterocycles. The molecule has 3 fully saturated rings. The second-order valence-corrected chi connectivity index (χ2v) is 28.1. The molecular formula is C63H90N8O10S. The first-order valence-corrected chi connectivity index (χ1v) is 30.7. The Bertz CT molecular complexity index is 2940. The first-order valence-electron chi connectivity index (χ1n) is 29.9. The molecule has 448 valence electrons. The van der Waals surface area contributed by atoms with E-state index in [9.17, 15) is 48.9 Å². The van der Waals surface area contributed by atoms with Crippen LogP contribution in [0.5, 0.6) is 0 Å². The van der Waals surface area contributed by atoms with E-state index in [0.717, 1.165) is 27.4 Å². The summed E-state index contributed by atoms with van der Waals surface area (Å²) in [5, 5.41) is 52.1. The minimum absolute atomic E-state index is 0.0184. The lowest BCUT2D eigenvalue weighted by Crippen LogP contribution is -2.60. The lowest BCUT2D eigenvalue weighted by Gasteiger charge is -2.61. The zero-order valence-corrected chi connectivity index (χ0v) is 51.2. The zero-order valence-electron chi connectivity index (χ0n) is 50.4. The van der Waals surface area contributed by atoms with Crippen LogP contribution in [0.25, 0.3) is 10.4 Å². The molecule has 0 spiro atoms. The molecule has 2 aromatic heterocycles. The number of hydrogen-bond donors (Lipinski definition) is 6. The summed E-state index contributed by atoms with van der Waals surface area (Å²) in [6.07, 6.45) is 3.85. The molecule has 4 amide bonds. The van der Waals surface area contributed by atoms with Gasteiger partial charge in [0.2, 0.25) is 23.6 Å². The average molecular weight is 1150 g/mol. The summed E-state index contributed by atoms with van der Waals surface area (Å²) in [6, 6.07) is 5.73. The number of rotatable bonds is 21. The van der Waals surface area contributed by atoms with E-state index in [2.05, 4.69) is 38.2 Å². The number of likely N-dealkylation sites (tertiary alicyclic amines) is 1. The highest BCUT2D eigenvalue weighted by molar-refractivity contribution is 7.13. The minimum atomic E-state index is -0.964. The largest absolute Gasteiger partial charge is 0.392 e. The van der Waals surface area contributed by atoms with Crippen LogP contribution in [0.3, 0.4) is 0 Å². The quantitative estimate of drug-likeness (QED) is 0.0571. The number of amides is 4. The van der Waals surface area contributed by atoms with E-state index in [1.165, 1.54) is 4.90 Å². The zero-order chi connectivity index (χ0) is 60.0.